The molecule has 0 radical (unpaired) electrons. The van der Waals surface area contributed by atoms with Crippen LogP contribution in [0.2, 0.25) is 0 Å². The Morgan fingerprint density at radius 2 is 1.95 bits per heavy atom. The van der Waals surface area contributed by atoms with Gasteiger partial charge in [0.25, 0.3) is 0 Å². The average Bonchev–Trinajstić information content (AvgIpc) is 2.91. The van der Waals surface area contributed by atoms with Crippen LogP contribution in [0.5, 0.6) is 0 Å². The maximum atomic E-state index is 6.21. The van der Waals surface area contributed by atoms with Crippen LogP contribution in [0.3, 0.4) is 0 Å². The fourth-order valence-corrected chi connectivity index (χ4v) is 3.12. The lowest BCUT2D eigenvalue weighted by atomic mass is 9.75. The van der Waals surface area contributed by atoms with Crippen molar-refractivity contribution in [2.24, 2.45) is 5.41 Å². The Bertz CT molecular complexity index is 634. The minimum atomic E-state index is 0.378. The van der Waals surface area contributed by atoms with Crippen LogP contribution in [-0.4, -0.2) is 20.2 Å². The zero-order valence-electron chi connectivity index (χ0n) is 13.0. The maximum absolute atomic E-state index is 6.21. The molecule has 0 aliphatic heterocycles. The molecule has 1 aliphatic carbocycles. The first kappa shape index (κ1) is 14.0. The predicted octanol–water partition coefficient (Wildman–Crippen LogP) is 3.37. The minimum absolute atomic E-state index is 0.378. The van der Waals surface area contributed by atoms with E-state index in [0.717, 1.165) is 35.5 Å². The third-order valence-corrected chi connectivity index (χ3v) is 4.71. The summed E-state index contributed by atoms with van der Waals surface area (Å²) in [5, 5.41) is 12.3. The van der Waals surface area contributed by atoms with Crippen molar-refractivity contribution in [3.8, 4) is 11.4 Å². The summed E-state index contributed by atoms with van der Waals surface area (Å²) in [6, 6.07) is 6.39. The number of benzene rings is 1. The first-order valence-corrected chi connectivity index (χ1v) is 7.61. The molecule has 0 spiro atoms. The molecule has 0 atom stereocenters. The van der Waals surface area contributed by atoms with Crippen molar-refractivity contribution < 1.29 is 0 Å². The molecule has 0 amide bonds. The van der Waals surface area contributed by atoms with Crippen LogP contribution in [-0.2, 0) is 0 Å². The number of rotatable bonds is 2. The van der Waals surface area contributed by atoms with E-state index in [1.54, 1.807) is 0 Å². The van der Waals surface area contributed by atoms with Gasteiger partial charge in [-0.25, -0.2) is 4.68 Å². The Morgan fingerprint density at radius 1 is 1.24 bits per heavy atom. The lowest BCUT2D eigenvalue weighted by Crippen LogP contribution is -2.24. The minimum Gasteiger partial charge on any atom is -0.398 e. The van der Waals surface area contributed by atoms with E-state index in [2.05, 4.69) is 29.4 Å². The molecule has 2 N–H and O–H groups in total. The fraction of sp³-hybridized carbons (Fsp3) is 0.562. The summed E-state index contributed by atoms with van der Waals surface area (Å²) >= 11 is 0. The highest BCUT2D eigenvalue weighted by Gasteiger charge is 2.30. The molecule has 5 nitrogen and oxygen atoms in total. The monoisotopic (exact) mass is 285 g/mol. The molecule has 21 heavy (non-hydrogen) atoms. The van der Waals surface area contributed by atoms with E-state index in [4.69, 9.17) is 5.73 Å². The fourth-order valence-electron chi connectivity index (χ4n) is 3.12. The lowest BCUT2D eigenvalue weighted by Gasteiger charge is -2.34. The molecule has 1 fully saturated rings. The molecule has 112 valence electrons. The number of anilines is 1. The van der Waals surface area contributed by atoms with Crippen molar-refractivity contribution in [3.63, 3.8) is 0 Å². The molecule has 1 aromatic heterocycles. The van der Waals surface area contributed by atoms with Gasteiger partial charge in [0.1, 0.15) is 0 Å². The Labute approximate surface area is 125 Å². The summed E-state index contributed by atoms with van der Waals surface area (Å²) < 4.78 is 1.97. The lowest BCUT2D eigenvalue weighted by molar-refractivity contribution is 0.185. The Kier molecular flexibility index (Phi) is 3.43. The molecule has 0 saturated heterocycles. The Hall–Kier alpha value is -1.91. The summed E-state index contributed by atoms with van der Waals surface area (Å²) in [7, 11) is 0. The van der Waals surface area contributed by atoms with Gasteiger partial charge < -0.3 is 5.73 Å². The summed E-state index contributed by atoms with van der Waals surface area (Å²) in [6.45, 7) is 6.68. The van der Waals surface area contributed by atoms with Gasteiger partial charge in [0, 0.05) is 11.3 Å². The maximum Gasteiger partial charge on any atom is 0.184 e. The third-order valence-electron chi connectivity index (χ3n) is 4.71. The molecule has 5 heteroatoms. The summed E-state index contributed by atoms with van der Waals surface area (Å²) in [6.07, 6.45) is 4.66. The molecular weight excluding hydrogens is 262 g/mol. The topological polar surface area (TPSA) is 69.6 Å². The predicted molar refractivity (Wildman–Crippen MR) is 83.7 cm³/mol. The van der Waals surface area contributed by atoms with Crippen molar-refractivity contribution in [1.82, 2.24) is 20.2 Å². The Balaban J connectivity index is 1.93. The molecule has 1 aliphatic rings. The van der Waals surface area contributed by atoms with Crippen LogP contribution in [0.1, 0.15) is 51.1 Å². The second kappa shape index (κ2) is 5.13. The van der Waals surface area contributed by atoms with E-state index in [9.17, 15) is 0 Å². The number of nitrogens with two attached hydrogens (primary N) is 1. The average molecular weight is 285 g/mol. The highest BCUT2D eigenvalue weighted by Crippen LogP contribution is 2.41. The molecule has 0 bridgehead atoms. The number of para-hydroxylation sites is 1. The van der Waals surface area contributed by atoms with E-state index in [1.165, 1.54) is 12.8 Å². The van der Waals surface area contributed by atoms with Crippen molar-refractivity contribution in [2.75, 3.05) is 5.73 Å². The van der Waals surface area contributed by atoms with Crippen LogP contribution in [0.25, 0.3) is 11.4 Å². The molecule has 0 unspecified atom stereocenters. The number of hydrogen-bond acceptors (Lipinski definition) is 4. The number of aromatic nitrogens is 4. The van der Waals surface area contributed by atoms with Gasteiger partial charge in [-0.15, -0.1) is 5.10 Å². The SMILES string of the molecule is Cc1cccc(-c2nnnn2C2CCC(C)(C)CC2)c1N. The van der Waals surface area contributed by atoms with Gasteiger partial charge in [0.15, 0.2) is 5.82 Å². The van der Waals surface area contributed by atoms with Crippen molar-refractivity contribution in [3.05, 3.63) is 23.8 Å². The normalized spacial score (nSPS) is 18.8. The largest absolute Gasteiger partial charge is 0.398 e. The smallest absolute Gasteiger partial charge is 0.184 e. The zero-order chi connectivity index (χ0) is 15.0. The van der Waals surface area contributed by atoms with Gasteiger partial charge in [0.05, 0.1) is 6.04 Å². The standard InChI is InChI=1S/C16H23N5/c1-11-5-4-6-13(14(11)17)15-18-19-20-21(15)12-7-9-16(2,3)10-8-12/h4-6,12H,7-10,17H2,1-3H3. The van der Waals surface area contributed by atoms with E-state index < -0.39 is 0 Å². The van der Waals surface area contributed by atoms with Crippen molar-refractivity contribution in [2.45, 2.75) is 52.5 Å². The number of nitrogens with zero attached hydrogens (tertiary/aromatic N) is 4. The van der Waals surface area contributed by atoms with Crippen LogP contribution in [0.4, 0.5) is 5.69 Å². The van der Waals surface area contributed by atoms with Crippen LogP contribution in [0, 0.1) is 12.3 Å². The van der Waals surface area contributed by atoms with Crippen molar-refractivity contribution in [1.29, 1.82) is 0 Å². The van der Waals surface area contributed by atoms with Gasteiger partial charge in [0.2, 0.25) is 0 Å². The van der Waals surface area contributed by atoms with Gasteiger partial charge in [-0.1, -0.05) is 26.0 Å². The van der Waals surface area contributed by atoms with Crippen molar-refractivity contribution >= 4 is 5.69 Å². The number of aryl methyl sites for hydroxylation is 1. The van der Waals surface area contributed by atoms with E-state index in [1.807, 2.05) is 29.8 Å². The van der Waals surface area contributed by atoms with E-state index >= 15 is 0 Å². The van der Waals surface area contributed by atoms with E-state index in [0.29, 0.717) is 11.5 Å². The number of nitrogen functional groups attached to an aromatic ring is 1. The second-order valence-corrected chi connectivity index (χ2v) is 6.88. The first-order chi connectivity index (χ1) is 9.98. The molecule has 1 saturated carbocycles. The van der Waals surface area contributed by atoms with Gasteiger partial charge in [-0.05, 0) is 60.1 Å². The van der Waals surface area contributed by atoms with Crippen LogP contribution < -0.4 is 5.73 Å². The molecule has 1 aromatic carbocycles. The van der Waals surface area contributed by atoms with E-state index in [-0.39, 0.29) is 0 Å². The van der Waals surface area contributed by atoms with Gasteiger partial charge >= 0.3 is 0 Å². The second-order valence-electron chi connectivity index (χ2n) is 6.88. The number of tetrazole rings is 1. The van der Waals surface area contributed by atoms with Crippen LogP contribution in [0.15, 0.2) is 18.2 Å². The first-order valence-electron chi connectivity index (χ1n) is 7.61. The molecule has 1 heterocycles. The molecular formula is C16H23N5. The van der Waals surface area contributed by atoms with Gasteiger partial charge in [-0.2, -0.15) is 0 Å². The highest BCUT2D eigenvalue weighted by molar-refractivity contribution is 5.74. The number of hydrogen-bond donors (Lipinski definition) is 1. The Morgan fingerprint density at radius 3 is 2.67 bits per heavy atom. The van der Waals surface area contributed by atoms with Gasteiger partial charge in [-0.3, -0.25) is 0 Å². The summed E-state index contributed by atoms with van der Waals surface area (Å²) in [5.41, 5.74) is 9.41. The molecule has 2 aromatic rings. The quantitative estimate of drug-likeness (QED) is 0.859. The summed E-state index contributed by atoms with van der Waals surface area (Å²) in [4.78, 5) is 0. The molecule has 3 rings (SSSR count). The highest BCUT2D eigenvalue weighted by atomic mass is 15.5. The third kappa shape index (κ3) is 2.64. The zero-order valence-corrected chi connectivity index (χ0v) is 13.0. The van der Waals surface area contributed by atoms with Crippen LogP contribution >= 0.6 is 0 Å². The summed E-state index contributed by atoms with van der Waals surface area (Å²) in [5.74, 6) is 0.793.